The molecule has 6 heterocycles. The molecule has 0 spiro atoms. The first-order valence-electron chi connectivity index (χ1n) is 18.4. The zero-order valence-electron chi connectivity index (χ0n) is 30.6. The van der Waals surface area contributed by atoms with Gasteiger partial charge in [-0.25, -0.2) is 27.4 Å². The number of hydrogen-bond donors (Lipinski definition) is 0. The number of aromatic nitrogens is 6. The summed E-state index contributed by atoms with van der Waals surface area (Å²) in [4.78, 5) is 0. The molecule has 5 aromatic carbocycles. The second-order valence-electron chi connectivity index (χ2n) is 15.2. The Morgan fingerprint density at radius 3 is 0.902 bits per heavy atom. The van der Waals surface area contributed by atoms with Crippen LogP contribution < -0.4 is 13.7 Å². The second kappa shape index (κ2) is 11.0. The third kappa shape index (κ3) is 4.38. The standard InChI is InChI=1S/C45H45N6/c1-28-34-19-46-25-49(42-15-9-7-13-40(42)46)22-37-31(4)38-23-50-26-47(41-14-8-10-16-43(41)50)20-35(28)30(3)36(29(34)2)21-48-27-51(24-39(32(37)5)33(38)6)45-18-12-11-17-44(45)48/h7-18,25-27H,19-24H2,1-6H3/q+3. The Labute approximate surface area is 299 Å². The van der Waals surface area contributed by atoms with Crippen LogP contribution >= 0.6 is 0 Å². The maximum absolute atomic E-state index is 2.50. The summed E-state index contributed by atoms with van der Waals surface area (Å²) in [6.07, 6.45) is 7.16. The summed E-state index contributed by atoms with van der Waals surface area (Å²) in [5.74, 6) is 0. The van der Waals surface area contributed by atoms with Crippen molar-refractivity contribution in [2.24, 2.45) is 0 Å². The zero-order chi connectivity index (χ0) is 34.7. The normalized spacial score (nSPS) is 14.0. The number of nitrogens with zero attached hydrogens (tertiary/aromatic N) is 6. The van der Waals surface area contributed by atoms with Crippen LogP contribution in [0.5, 0.6) is 0 Å². The molecule has 0 fully saturated rings. The highest BCUT2D eigenvalue weighted by molar-refractivity contribution is 5.74. The van der Waals surface area contributed by atoms with Gasteiger partial charge in [0, 0.05) is 33.4 Å². The molecule has 0 aliphatic carbocycles. The molecule has 0 saturated carbocycles. The fourth-order valence-corrected chi connectivity index (χ4v) is 9.71. The molecule has 0 saturated heterocycles. The monoisotopic (exact) mass is 669 g/mol. The molecule has 11 rings (SSSR count). The van der Waals surface area contributed by atoms with Crippen LogP contribution in [0.15, 0.2) is 91.8 Å². The van der Waals surface area contributed by atoms with Crippen LogP contribution in [0.4, 0.5) is 0 Å². The fraction of sp³-hybridized carbons (Fsp3) is 0.267. The predicted molar refractivity (Wildman–Crippen MR) is 202 cm³/mol. The minimum absolute atomic E-state index is 0.826. The van der Waals surface area contributed by atoms with Crippen molar-refractivity contribution in [1.29, 1.82) is 0 Å². The van der Waals surface area contributed by atoms with E-state index in [2.05, 4.69) is 161 Å². The number of fused-ring (bicyclic) bond motifs is 3. The van der Waals surface area contributed by atoms with Gasteiger partial charge in [-0.05, 0) is 111 Å². The van der Waals surface area contributed by atoms with E-state index >= 15 is 0 Å². The molecule has 0 amide bonds. The average molecular weight is 670 g/mol. The van der Waals surface area contributed by atoms with Crippen LogP contribution in [-0.4, -0.2) is 13.7 Å². The van der Waals surface area contributed by atoms with Crippen molar-refractivity contribution in [1.82, 2.24) is 13.7 Å². The molecule has 6 nitrogen and oxygen atoms in total. The van der Waals surface area contributed by atoms with E-state index in [-0.39, 0.29) is 0 Å². The summed E-state index contributed by atoms with van der Waals surface area (Å²) in [5.41, 5.74) is 24.7. The maximum Gasteiger partial charge on any atom is 0.245 e. The Hall–Kier alpha value is -5.49. The molecular weight excluding hydrogens is 625 g/mol. The topological polar surface area (TPSA) is 26.4 Å². The lowest BCUT2D eigenvalue weighted by Gasteiger charge is -2.21. The molecule has 3 aromatic heterocycles. The van der Waals surface area contributed by atoms with Crippen LogP contribution in [0.1, 0.15) is 66.8 Å². The molecule has 3 aliphatic heterocycles. The summed E-state index contributed by atoms with van der Waals surface area (Å²) in [5, 5.41) is 0. The first kappa shape index (κ1) is 30.3. The van der Waals surface area contributed by atoms with Crippen LogP contribution in [0.3, 0.4) is 0 Å². The Bertz CT molecular complexity index is 2240. The third-order valence-electron chi connectivity index (χ3n) is 12.7. The van der Waals surface area contributed by atoms with Gasteiger partial charge in [0.05, 0.1) is 0 Å². The quantitative estimate of drug-likeness (QED) is 0.153. The first-order valence-corrected chi connectivity index (χ1v) is 18.4. The number of rotatable bonds is 0. The largest absolute Gasteiger partial charge is 0.245 e. The van der Waals surface area contributed by atoms with Crippen LogP contribution in [0.25, 0.3) is 33.1 Å². The van der Waals surface area contributed by atoms with Gasteiger partial charge in [-0.3, -0.25) is 0 Å². The highest BCUT2D eigenvalue weighted by Gasteiger charge is 2.30. The van der Waals surface area contributed by atoms with E-state index < -0.39 is 0 Å². The van der Waals surface area contributed by atoms with E-state index in [0.717, 1.165) is 39.3 Å². The van der Waals surface area contributed by atoms with E-state index in [1.54, 1.807) is 0 Å². The van der Waals surface area contributed by atoms with Crippen molar-refractivity contribution in [3.8, 4) is 0 Å². The van der Waals surface area contributed by atoms with Crippen molar-refractivity contribution in [2.45, 2.75) is 80.8 Å². The van der Waals surface area contributed by atoms with Crippen LogP contribution in [0.2, 0.25) is 0 Å². The Morgan fingerprint density at radius 2 is 0.608 bits per heavy atom. The van der Waals surface area contributed by atoms with Gasteiger partial charge in [-0.1, -0.05) is 36.4 Å². The van der Waals surface area contributed by atoms with Gasteiger partial charge in [0.1, 0.15) is 39.3 Å². The van der Waals surface area contributed by atoms with Crippen molar-refractivity contribution >= 4 is 33.1 Å². The fourth-order valence-electron chi connectivity index (χ4n) is 9.71. The average Bonchev–Trinajstić information content (AvgIpc) is 3.79. The molecule has 51 heavy (non-hydrogen) atoms. The minimum Gasteiger partial charge on any atom is -0.226 e. The Balaban J connectivity index is 1.39. The minimum atomic E-state index is 0.826. The van der Waals surface area contributed by atoms with Crippen molar-refractivity contribution in [3.05, 3.63) is 159 Å². The molecule has 12 bridgehead atoms. The predicted octanol–water partition coefficient (Wildman–Crippen LogP) is 7.18. The van der Waals surface area contributed by atoms with E-state index in [0.29, 0.717) is 0 Å². The van der Waals surface area contributed by atoms with Crippen molar-refractivity contribution < 1.29 is 13.7 Å². The lowest BCUT2D eigenvalue weighted by Crippen LogP contribution is -2.38. The zero-order valence-corrected chi connectivity index (χ0v) is 30.6. The van der Waals surface area contributed by atoms with Crippen LogP contribution in [-0.2, 0) is 39.3 Å². The summed E-state index contributed by atoms with van der Waals surface area (Å²) >= 11 is 0. The third-order valence-corrected chi connectivity index (χ3v) is 12.7. The van der Waals surface area contributed by atoms with E-state index in [9.17, 15) is 0 Å². The van der Waals surface area contributed by atoms with Crippen LogP contribution in [0, 0.1) is 41.5 Å². The molecule has 3 aliphatic rings. The number of benzene rings is 5. The maximum atomic E-state index is 2.50. The van der Waals surface area contributed by atoms with E-state index in [1.807, 2.05) is 0 Å². The summed E-state index contributed by atoms with van der Waals surface area (Å²) < 4.78 is 15.0. The van der Waals surface area contributed by atoms with Gasteiger partial charge in [0.15, 0.2) is 33.1 Å². The smallest absolute Gasteiger partial charge is 0.226 e. The molecule has 0 unspecified atom stereocenters. The summed E-state index contributed by atoms with van der Waals surface area (Å²) in [6.45, 7) is 19.2. The molecule has 8 aromatic rings. The van der Waals surface area contributed by atoms with Gasteiger partial charge < -0.3 is 0 Å². The van der Waals surface area contributed by atoms with Crippen molar-refractivity contribution in [2.75, 3.05) is 0 Å². The molecule has 6 heteroatoms. The molecule has 0 atom stereocenters. The first-order chi connectivity index (χ1) is 24.8. The number of para-hydroxylation sites is 6. The Morgan fingerprint density at radius 1 is 0.353 bits per heavy atom. The SMILES string of the molecule is Cc1c2c(C)c3c(C)c1Cn1c[n+](c4ccccc41)Cc1c(C)c(c(C)c(c1C)C[n+]1cn(c4ccccc41)C3)C[n+]1cn(c3ccccc31)C2. The lowest BCUT2D eigenvalue weighted by molar-refractivity contribution is -0.665. The number of imidazole rings is 3. The summed E-state index contributed by atoms with van der Waals surface area (Å²) in [6, 6.07) is 26.9. The van der Waals surface area contributed by atoms with Gasteiger partial charge in [0.25, 0.3) is 0 Å². The lowest BCUT2D eigenvalue weighted by atomic mass is 9.87. The van der Waals surface area contributed by atoms with E-state index in [4.69, 9.17) is 0 Å². The van der Waals surface area contributed by atoms with Gasteiger partial charge in [-0.15, -0.1) is 0 Å². The highest BCUT2D eigenvalue weighted by atomic mass is 15.2. The second-order valence-corrected chi connectivity index (χ2v) is 15.2. The van der Waals surface area contributed by atoms with E-state index in [1.165, 1.54) is 99.9 Å². The summed E-state index contributed by atoms with van der Waals surface area (Å²) in [7, 11) is 0. The Kier molecular flexibility index (Phi) is 6.55. The molecule has 0 N–H and O–H groups in total. The van der Waals surface area contributed by atoms with Gasteiger partial charge in [0.2, 0.25) is 19.0 Å². The molecule has 0 radical (unpaired) electrons. The highest BCUT2D eigenvalue weighted by Crippen LogP contribution is 2.33. The molecule has 252 valence electrons. The van der Waals surface area contributed by atoms with Gasteiger partial charge in [-0.2, -0.15) is 0 Å². The van der Waals surface area contributed by atoms with Crippen molar-refractivity contribution in [3.63, 3.8) is 0 Å². The molecular formula is C45H45N6+3. The van der Waals surface area contributed by atoms with Gasteiger partial charge >= 0.3 is 0 Å². The number of hydrogen-bond acceptors (Lipinski definition) is 0.